The number of aromatic nitrogens is 2. The van der Waals surface area contributed by atoms with Crippen LogP contribution in [0.2, 0.25) is 0 Å². The predicted octanol–water partition coefficient (Wildman–Crippen LogP) is 2.93. The van der Waals surface area contributed by atoms with Gasteiger partial charge >= 0.3 is 0 Å². The van der Waals surface area contributed by atoms with E-state index >= 15 is 0 Å². The first-order chi connectivity index (χ1) is 7.75. The van der Waals surface area contributed by atoms with Crippen LogP contribution in [0, 0.1) is 0 Å². The number of pyridine rings is 2. The Kier molecular flexibility index (Phi) is 3.15. The maximum atomic E-state index is 5.48. The van der Waals surface area contributed by atoms with Gasteiger partial charge < -0.3 is 4.74 Å². The van der Waals surface area contributed by atoms with Crippen molar-refractivity contribution in [2.45, 2.75) is 20.0 Å². The molecule has 2 aromatic heterocycles. The number of nitrogens with zero attached hydrogens (tertiary/aromatic N) is 2. The molecule has 0 aliphatic rings. The van der Waals surface area contributed by atoms with Gasteiger partial charge in [0.2, 0.25) is 5.88 Å². The van der Waals surface area contributed by atoms with Crippen molar-refractivity contribution in [2.24, 2.45) is 0 Å². The molecule has 0 spiro atoms. The van der Waals surface area contributed by atoms with Crippen LogP contribution in [-0.4, -0.2) is 16.1 Å². The lowest BCUT2D eigenvalue weighted by molar-refractivity contribution is 0.232. The lowest BCUT2D eigenvalue weighted by atomic mass is 10.1. The normalized spacial score (nSPS) is 10.4. The Morgan fingerprint density at radius 1 is 1.06 bits per heavy atom. The van der Waals surface area contributed by atoms with Gasteiger partial charge in [-0.1, -0.05) is 6.07 Å². The van der Waals surface area contributed by atoms with Crippen molar-refractivity contribution in [1.29, 1.82) is 0 Å². The summed E-state index contributed by atoms with van der Waals surface area (Å²) >= 11 is 0. The highest BCUT2D eigenvalue weighted by molar-refractivity contribution is 5.61. The summed E-state index contributed by atoms with van der Waals surface area (Å²) in [6.45, 7) is 3.97. The van der Waals surface area contributed by atoms with E-state index in [0.717, 1.165) is 11.1 Å². The van der Waals surface area contributed by atoms with Crippen molar-refractivity contribution < 1.29 is 4.74 Å². The molecule has 0 fully saturated rings. The van der Waals surface area contributed by atoms with E-state index in [1.807, 2.05) is 44.3 Å². The van der Waals surface area contributed by atoms with Gasteiger partial charge in [-0.3, -0.25) is 4.98 Å². The van der Waals surface area contributed by atoms with E-state index in [-0.39, 0.29) is 6.10 Å². The fourth-order valence-electron chi connectivity index (χ4n) is 1.40. The van der Waals surface area contributed by atoms with Gasteiger partial charge in [-0.2, -0.15) is 0 Å². The molecular weight excluding hydrogens is 200 g/mol. The molecule has 0 saturated carbocycles. The Hall–Kier alpha value is -1.90. The molecule has 0 saturated heterocycles. The van der Waals surface area contributed by atoms with Crippen molar-refractivity contribution >= 4 is 0 Å². The first-order valence-electron chi connectivity index (χ1n) is 5.29. The number of hydrogen-bond donors (Lipinski definition) is 0. The van der Waals surface area contributed by atoms with Crippen LogP contribution in [0.5, 0.6) is 5.88 Å². The van der Waals surface area contributed by atoms with E-state index in [2.05, 4.69) is 9.97 Å². The maximum Gasteiger partial charge on any atom is 0.213 e. The Morgan fingerprint density at radius 3 is 2.44 bits per heavy atom. The van der Waals surface area contributed by atoms with Gasteiger partial charge in [0.15, 0.2) is 0 Å². The van der Waals surface area contributed by atoms with Gasteiger partial charge in [0.05, 0.1) is 6.10 Å². The third-order valence-electron chi connectivity index (χ3n) is 2.09. The fourth-order valence-corrected chi connectivity index (χ4v) is 1.40. The molecular formula is C13H14N2O. The molecule has 3 heteroatoms. The highest BCUT2D eigenvalue weighted by atomic mass is 16.5. The summed E-state index contributed by atoms with van der Waals surface area (Å²) < 4.78 is 5.48. The van der Waals surface area contributed by atoms with Gasteiger partial charge in [-0.05, 0) is 26.0 Å². The van der Waals surface area contributed by atoms with Gasteiger partial charge in [0, 0.05) is 35.8 Å². The molecule has 0 N–H and O–H groups in total. The lowest BCUT2D eigenvalue weighted by Gasteiger charge is -2.08. The average molecular weight is 214 g/mol. The molecule has 0 unspecified atom stereocenters. The van der Waals surface area contributed by atoms with Crippen molar-refractivity contribution in [2.75, 3.05) is 0 Å². The summed E-state index contributed by atoms with van der Waals surface area (Å²) in [5.41, 5.74) is 2.11. The Morgan fingerprint density at radius 2 is 1.88 bits per heavy atom. The van der Waals surface area contributed by atoms with E-state index in [4.69, 9.17) is 4.74 Å². The molecule has 0 radical (unpaired) electrons. The van der Waals surface area contributed by atoms with Gasteiger partial charge in [-0.25, -0.2) is 4.98 Å². The van der Waals surface area contributed by atoms with Gasteiger partial charge in [-0.15, -0.1) is 0 Å². The molecule has 0 aromatic carbocycles. The summed E-state index contributed by atoms with van der Waals surface area (Å²) in [6.07, 6.45) is 5.53. The maximum absolute atomic E-state index is 5.48. The quantitative estimate of drug-likeness (QED) is 0.788. The summed E-state index contributed by atoms with van der Waals surface area (Å²) in [4.78, 5) is 8.32. The molecule has 0 aliphatic heterocycles. The second-order valence-electron chi connectivity index (χ2n) is 3.79. The Labute approximate surface area is 95.1 Å². The van der Waals surface area contributed by atoms with E-state index in [1.165, 1.54) is 0 Å². The highest BCUT2D eigenvalue weighted by Crippen LogP contribution is 2.19. The van der Waals surface area contributed by atoms with Crippen LogP contribution in [-0.2, 0) is 0 Å². The van der Waals surface area contributed by atoms with Crippen molar-refractivity contribution in [3.8, 4) is 17.0 Å². The van der Waals surface area contributed by atoms with Crippen molar-refractivity contribution in [3.63, 3.8) is 0 Å². The monoisotopic (exact) mass is 214 g/mol. The summed E-state index contributed by atoms with van der Waals surface area (Å²) in [6, 6.07) is 7.78. The SMILES string of the molecule is CC(C)Oc1ccc(-c2cccnc2)cn1. The molecule has 2 rings (SSSR count). The fraction of sp³-hybridized carbons (Fsp3) is 0.231. The second kappa shape index (κ2) is 4.75. The van der Waals surface area contributed by atoms with Crippen LogP contribution in [0.1, 0.15) is 13.8 Å². The highest BCUT2D eigenvalue weighted by Gasteiger charge is 2.01. The van der Waals surface area contributed by atoms with Crippen LogP contribution >= 0.6 is 0 Å². The zero-order valence-electron chi connectivity index (χ0n) is 9.42. The molecule has 82 valence electrons. The average Bonchev–Trinajstić information content (AvgIpc) is 2.30. The van der Waals surface area contributed by atoms with Crippen molar-refractivity contribution in [1.82, 2.24) is 9.97 Å². The first kappa shape index (κ1) is 10.6. The third kappa shape index (κ3) is 2.57. The minimum absolute atomic E-state index is 0.150. The molecule has 0 bridgehead atoms. The largest absolute Gasteiger partial charge is 0.475 e. The zero-order chi connectivity index (χ0) is 11.4. The summed E-state index contributed by atoms with van der Waals surface area (Å²) in [7, 11) is 0. The number of hydrogen-bond acceptors (Lipinski definition) is 3. The number of rotatable bonds is 3. The molecule has 16 heavy (non-hydrogen) atoms. The summed E-state index contributed by atoms with van der Waals surface area (Å²) in [5.74, 6) is 0.655. The van der Waals surface area contributed by atoms with E-state index in [9.17, 15) is 0 Å². The lowest BCUT2D eigenvalue weighted by Crippen LogP contribution is -2.06. The smallest absolute Gasteiger partial charge is 0.213 e. The first-order valence-corrected chi connectivity index (χ1v) is 5.29. The van der Waals surface area contributed by atoms with Crippen LogP contribution in [0.25, 0.3) is 11.1 Å². The van der Waals surface area contributed by atoms with Crippen molar-refractivity contribution in [3.05, 3.63) is 42.9 Å². The van der Waals surface area contributed by atoms with Crippen LogP contribution in [0.15, 0.2) is 42.9 Å². The van der Waals surface area contributed by atoms with Gasteiger partial charge in [0.1, 0.15) is 0 Å². The molecule has 3 nitrogen and oxygen atoms in total. The Balaban J connectivity index is 2.20. The standard InChI is InChI=1S/C13H14N2O/c1-10(2)16-13-6-5-12(9-15-13)11-4-3-7-14-8-11/h3-10H,1-2H3. The van der Waals surface area contributed by atoms with Crippen LogP contribution in [0.4, 0.5) is 0 Å². The molecule has 0 aliphatic carbocycles. The van der Waals surface area contributed by atoms with E-state index < -0.39 is 0 Å². The van der Waals surface area contributed by atoms with Gasteiger partial charge in [0.25, 0.3) is 0 Å². The van der Waals surface area contributed by atoms with E-state index in [0.29, 0.717) is 5.88 Å². The van der Waals surface area contributed by atoms with E-state index in [1.54, 1.807) is 12.4 Å². The minimum atomic E-state index is 0.150. The predicted molar refractivity (Wildman–Crippen MR) is 63.2 cm³/mol. The summed E-state index contributed by atoms with van der Waals surface area (Å²) in [5, 5.41) is 0. The molecule has 0 atom stereocenters. The molecule has 0 amide bonds. The minimum Gasteiger partial charge on any atom is -0.475 e. The zero-order valence-corrected chi connectivity index (χ0v) is 9.42. The molecule has 2 aromatic rings. The third-order valence-corrected chi connectivity index (χ3v) is 2.09. The second-order valence-corrected chi connectivity index (χ2v) is 3.79. The Bertz CT molecular complexity index is 437. The van der Waals surface area contributed by atoms with Crippen LogP contribution < -0.4 is 4.74 Å². The topological polar surface area (TPSA) is 35.0 Å². The van der Waals surface area contributed by atoms with Crippen LogP contribution in [0.3, 0.4) is 0 Å². The number of ether oxygens (including phenoxy) is 1. The molecule has 2 heterocycles.